The van der Waals surface area contributed by atoms with Crippen LogP contribution in [0.3, 0.4) is 0 Å². The summed E-state index contributed by atoms with van der Waals surface area (Å²) in [5, 5.41) is 9.17. The molecule has 0 saturated heterocycles. The van der Waals surface area contributed by atoms with Gasteiger partial charge in [-0.05, 0) is 30.7 Å². The highest BCUT2D eigenvalue weighted by atomic mass is 16.3. The lowest BCUT2D eigenvalue weighted by molar-refractivity contribution is 0.630. The van der Waals surface area contributed by atoms with Gasteiger partial charge in [-0.1, -0.05) is 43.0 Å². The minimum absolute atomic E-state index is 0.544. The number of hydrogen-bond donors (Lipinski definition) is 0. The van der Waals surface area contributed by atoms with Crippen LogP contribution in [-0.2, 0) is 0 Å². The topological polar surface area (TPSA) is 49.8 Å². The van der Waals surface area contributed by atoms with Crippen molar-refractivity contribution in [2.45, 2.75) is 6.92 Å². The lowest BCUT2D eigenvalue weighted by Crippen LogP contribution is -1.84. The third kappa shape index (κ3) is 3.04. The summed E-state index contributed by atoms with van der Waals surface area (Å²) in [6.07, 6.45) is 6.86. The molecule has 0 spiro atoms. The fourth-order valence-corrected chi connectivity index (χ4v) is 2.55. The summed E-state index contributed by atoms with van der Waals surface area (Å²) in [6.45, 7) is 5.58. The largest absolute Gasteiger partial charge is 0.454 e. The third-order valence-corrected chi connectivity index (χ3v) is 3.69. The summed E-state index contributed by atoms with van der Waals surface area (Å²) >= 11 is 0. The number of pyridine rings is 1. The van der Waals surface area contributed by atoms with Gasteiger partial charge in [-0.3, -0.25) is 4.98 Å². The van der Waals surface area contributed by atoms with Crippen LogP contribution in [0.5, 0.6) is 0 Å². The average molecular weight is 312 g/mol. The molecule has 24 heavy (non-hydrogen) atoms. The first-order valence-electron chi connectivity index (χ1n) is 7.58. The van der Waals surface area contributed by atoms with Crippen molar-refractivity contribution >= 4 is 16.7 Å². The fraction of sp³-hybridized carbons (Fsp3) is 0.0476. The van der Waals surface area contributed by atoms with Crippen LogP contribution in [0.15, 0.2) is 83.5 Å². The quantitative estimate of drug-likeness (QED) is 0.470. The first-order chi connectivity index (χ1) is 11.7. The maximum absolute atomic E-state index is 9.17. The number of fused-ring (bicyclic) bond motifs is 1. The van der Waals surface area contributed by atoms with Crippen molar-refractivity contribution < 1.29 is 4.42 Å². The van der Waals surface area contributed by atoms with E-state index in [1.807, 2.05) is 55.5 Å². The monoisotopic (exact) mass is 312 g/mol. The van der Waals surface area contributed by atoms with E-state index in [-0.39, 0.29) is 0 Å². The Bertz CT molecular complexity index is 986. The molecule has 0 bridgehead atoms. The number of nitriles is 1. The maximum Gasteiger partial charge on any atom is 0.160 e. The van der Waals surface area contributed by atoms with E-state index in [9.17, 15) is 5.26 Å². The first kappa shape index (κ1) is 15.5. The highest BCUT2D eigenvalue weighted by Gasteiger charge is 2.12. The van der Waals surface area contributed by atoms with Crippen molar-refractivity contribution in [2.75, 3.05) is 0 Å². The Morgan fingerprint density at radius 3 is 2.75 bits per heavy atom. The third-order valence-electron chi connectivity index (χ3n) is 3.69. The SMILES string of the molecule is C=C/C=C(C#N)\C=C(/C)c1ccnc2cc(-c3ccccc3)oc12. The molecule has 0 unspecified atom stereocenters. The first-order valence-corrected chi connectivity index (χ1v) is 7.58. The molecule has 3 heteroatoms. The van der Waals surface area contributed by atoms with E-state index in [4.69, 9.17) is 4.42 Å². The van der Waals surface area contributed by atoms with Crippen LogP contribution in [-0.4, -0.2) is 4.98 Å². The van der Waals surface area contributed by atoms with E-state index in [0.29, 0.717) is 5.57 Å². The number of nitrogens with zero attached hydrogens (tertiary/aromatic N) is 2. The Balaban J connectivity index is 2.11. The van der Waals surface area contributed by atoms with Gasteiger partial charge in [-0.15, -0.1) is 0 Å². The maximum atomic E-state index is 9.17. The molecule has 0 saturated carbocycles. The molecule has 0 N–H and O–H groups in total. The smallest absolute Gasteiger partial charge is 0.160 e. The van der Waals surface area contributed by atoms with Crippen LogP contribution in [0.2, 0.25) is 0 Å². The van der Waals surface area contributed by atoms with Crippen molar-refractivity contribution in [3.8, 4) is 17.4 Å². The van der Waals surface area contributed by atoms with Crippen molar-refractivity contribution in [2.24, 2.45) is 0 Å². The summed E-state index contributed by atoms with van der Waals surface area (Å²) in [5.74, 6) is 0.778. The number of furan rings is 1. The van der Waals surface area contributed by atoms with Gasteiger partial charge in [0, 0.05) is 23.4 Å². The van der Waals surface area contributed by atoms with Crippen molar-refractivity contribution in [1.82, 2.24) is 4.98 Å². The van der Waals surface area contributed by atoms with Crippen LogP contribution in [0.1, 0.15) is 12.5 Å². The van der Waals surface area contributed by atoms with Crippen LogP contribution in [0.25, 0.3) is 28.0 Å². The number of hydrogen-bond acceptors (Lipinski definition) is 3. The normalized spacial score (nSPS) is 12.2. The Kier molecular flexibility index (Phi) is 4.40. The van der Waals surface area contributed by atoms with E-state index in [0.717, 1.165) is 33.6 Å². The minimum Gasteiger partial charge on any atom is -0.454 e. The molecule has 3 rings (SSSR count). The molecule has 0 aliphatic rings. The molecule has 1 aromatic carbocycles. The Labute approximate surface area is 140 Å². The van der Waals surface area contributed by atoms with Gasteiger partial charge in [0.2, 0.25) is 0 Å². The van der Waals surface area contributed by atoms with Crippen LogP contribution >= 0.6 is 0 Å². The zero-order valence-electron chi connectivity index (χ0n) is 13.4. The van der Waals surface area contributed by atoms with Gasteiger partial charge in [-0.2, -0.15) is 5.26 Å². The molecule has 116 valence electrons. The summed E-state index contributed by atoms with van der Waals surface area (Å²) in [6, 6.07) is 15.9. The predicted octanol–water partition coefficient (Wildman–Crippen LogP) is 5.53. The molecule has 0 aliphatic heterocycles. The number of aromatic nitrogens is 1. The second-order valence-corrected chi connectivity index (χ2v) is 5.35. The van der Waals surface area contributed by atoms with Crippen molar-refractivity contribution in [1.29, 1.82) is 5.26 Å². The summed E-state index contributed by atoms with van der Waals surface area (Å²) in [7, 11) is 0. The Morgan fingerprint density at radius 1 is 1.25 bits per heavy atom. The minimum atomic E-state index is 0.544. The summed E-state index contributed by atoms with van der Waals surface area (Å²) in [4.78, 5) is 4.39. The zero-order chi connectivity index (χ0) is 16.9. The molecule has 3 aromatic rings. The molecule has 0 aliphatic carbocycles. The second-order valence-electron chi connectivity index (χ2n) is 5.35. The van der Waals surface area contributed by atoms with E-state index in [1.165, 1.54) is 0 Å². The highest BCUT2D eigenvalue weighted by molar-refractivity contribution is 5.90. The Morgan fingerprint density at radius 2 is 2.04 bits per heavy atom. The summed E-state index contributed by atoms with van der Waals surface area (Å²) < 4.78 is 6.06. The molecular formula is C21H16N2O. The Hall–Kier alpha value is -3.38. The number of rotatable bonds is 4. The average Bonchev–Trinajstić information content (AvgIpc) is 3.06. The van der Waals surface area contributed by atoms with Gasteiger partial charge in [-0.25, -0.2) is 0 Å². The van der Waals surface area contributed by atoms with Gasteiger partial charge >= 0.3 is 0 Å². The number of allylic oxidation sites excluding steroid dienone is 5. The van der Waals surface area contributed by atoms with Crippen molar-refractivity contribution in [3.63, 3.8) is 0 Å². The predicted molar refractivity (Wildman–Crippen MR) is 97.0 cm³/mol. The highest BCUT2D eigenvalue weighted by Crippen LogP contribution is 2.31. The van der Waals surface area contributed by atoms with Gasteiger partial charge < -0.3 is 4.42 Å². The molecule has 3 nitrogen and oxygen atoms in total. The summed E-state index contributed by atoms with van der Waals surface area (Å²) in [5.41, 5.74) is 4.93. The van der Waals surface area contributed by atoms with Gasteiger partial charge in [0.25, 0.3) is 0 Å². The fourth-order valence-electron chi connectivity index (χ4n) is 2.55. The molecular weight excluding hydrogens is 296 g/mol. The van der Waals surface area contributed by atoms with Crippen LogP contribution in [0, 0.1) is 11.3 Å². The van der Waals surface area contributed by atoms with Gasteiger partial charge in [0.05, 0.1) is 11.6 Å². The molecule has 2 aromatic heterocycles. The van der Waals surface area contributed by atoms with Crippen LogP contribution < -0.4 is 0 Å². The lowest BCUT2D eigenvalue weighted by Gasteiger charge is -2.02. The zero-order valence-corrected chi connectivity index (χ0v) is 13.4. The molecule has 0 atom stereocenters. The molecule has 2 heterocycles. The molecule has 0 amide bonds. The molecule has 0 fully saturated rings. The molecule has 0 radical (unpaired) electrons. The van der Waals surface area contributed by atoms with E-state index in [2.05, 4.69) is 17.6 Å². The number of benzene rings is 1. The van der Waals surface area contributed by atoms with Gasteiger partial charge in [0.1, 0.15) is 11.3 Å². The van der Waals surface area contributed by atoms with E-state index < -0.39 is 0 Å². The van der Waals surface area contributed by atoms with Crippen molar-refractivity contribution in [3.05, 3.63) is 84.6 Å². The lowest BCUT2D eigenvalue weighted by atomic mass is 10.0. The van der Waals surface area contributed by atoms with E-state index in [1.54, 1.807) is 18.3 Å². The standard InChI is InChI=1S/C21H16N2O/c1-3-7-16(14-22)12-15(2)18-10-11-23-19-13-20(24-21(18)19)17-8-5-4-6-9-17/h3-13H,1H2,2H3/b15-12+,16-7+. The van der Waals surface area contributed by atoms with E-state index >= 15 is 0 Å². The second kappa shape index (κ2) is 6.80. The van der Waals surface area contributed by atoms with Gasteiger partial charge in [0.15, 0.2) is 5.58 Å². The van der Waals surface area contributed by atoms with Crippen LogP contribution in [0.4, 0.5) is 0 Å².